The van der Waals surface area contributed by atoms with Crippen LogP contribution in [-0.2, 0) is 4.79 Å². The minimum atomic E-state index is -0.312. The zero-order chi connectivity index (χ0) is 22.7. The fourth-order valence-electron chi connectivity index (χ4n) is 3.90. The minimum Gasteiger partial charge on any atom is -0.507 e. The smallest absolute Gasteiger partial charge is 0.255 e. The monoisotopic (exact) mass is 436 g/mol. The SMILES string of the molecule is CC(C)NC(=O)c1ccc(-c2cnc3c(NCCCN4CCCC4=O)nccn23)cc1O. The van der Waals surface area contributed by atoms with Crippen molar-refractivity contribution in [2.45, 2.75) is 39.2 Å². The Morgan fingerprint density at radius 2 is 2.12 bits per heavy atom. The summed E-state index contributed by atoms with van der Waals surface area (Å²) in [6, 6.07) is 4.95. The molecule has 3 heterocycles. The highest BCUT2D eigenvalue weighted by molar-refractivity contribution is 5.97. The van der Waals surface area contributed by atoms with Crippen LogP contribution in [0.3, 0.4) is 0 Å². The molecule has 0 spiro atoms. The first-order chi connectivity index (χ1) is 15.4. The molecule has 1 fully saturated rings. The number of nitrogens with one attached hydrogen (secondary N) is 2. The van der Waals surface area contributed by atoms with Crippen LogP contribution in [-0.4, -0.2) is 61.9 Å². The van der Waals surface area contributed by atoms with E-state index in [1.165, 1.54) is 0 Å². The number of imidazole rings is 1. The first-order valence-electron chi connectivity index (χ1n) is 10.9. The van der Waals surface area contributed by atoms with Crippen molar-refractivity contribution >= 4 is 23.3 Å². The molecule has 0 bridgehead atoms. The van der Waals surface area contributed by atoms with Gasteiger partial charge in [-0.15, -0.1) is 0 Å². The summed E-state index contributed by atoms with van der Waals surface area (Å²) in [5.41, 5.74) is 2.41. The molecule has 3 aromatic rings. The van der Waals surface area contributed by atoms with Gasteiger partial charge in [0, 0.05) is 50.1 Å². The lowest BCUT2D eigenvalue weighted by Gasteiger charge is -2.15. The third kappa shape index (κ3) is 4.51. The average molecular weight is 437 g/mol. The van der Waals surface area contributed by atoms with E-state index in [9.17, 15) is 14.7 Å². The predicted molar refractivity (Wildman–Crippen MR) is 122 cm³/mol. The molecule has 1 aliphatic heterocycles. The molecule has 9 nitrogen and oxygen atoms in total. The molecule has 32 heavy (non-hydrogen) atoms. The summed E-state index contributed by atoms with van der Waals surface area (Å²) in [7, 11) is 0. The summed E-state index contributed by atoms with van der Waals surface area (Å²) in [5, 5.41) is 16.5. The van der Waals surface area contributed by atoms with Gasteiger partial charge in [-0.25, -0.2) is 9.97 Å². The Morgan fingerprint density at radius 3 is 2.84 bits per heavy atom. The van der Waals surface area contributed by atoms with E-state index in [0.717, 1.165) is 37.2 Å². The minimum absolute atomic E-state index is 0.0189. The van der Waals surface area contributed by atoms with E-state index in [0.29, 0.717) is 24.4 Å². The second-order valence-corrected chi connectivity index (χ2v) is 8.24. The van der Waals surface area contributed by atoms with Crippen molar-refractivity contribution in [3.63, 3.8) is 0 Å². The van der Waals surface area contributed by atoms with E-state index in [2.05, 4.69) is 20.6 Å². The van der Waals surface area contributed by atoms with Crippen molar-refractivity contribution in [1.82, 2.24) is 24.6 Å². The van der Waals surface area contributed by atoms with E-state index >= 15 is 0 Å². The molecule has 0 atom stereocenters. The highest BCUT2D eigenvalue weighted by atomic mass is 16.3. The largest absolute Gasteiger partial charge is 0.507 e. The summed E-state index contributed by atoms with van der Waals surface area (Å²) in [5.74, 6) is 0.496. The van der Waals surface area contributed by atoms with Gasteiger partial charge in [-0.05, 0) is 38.8 Å². The summed E-state index contributed by atoms with van der Waals surface area (Å²) in [6.45, 7) is 6.01. The number of phenolic OH excluding ortho intramolecular Hbond substituents is 1. The maximum absolute atomic E-state index is 12.2. The van der Waals surface area contributed by atoms with Crippen molar-refractivity contribution in [2.75, 3.05) is 25.0 Å². The molecule has 9 heteroatoms. The molecule has 0 saturated carbocycles. The number of amides is 2. The van der Waals surface area contributed by atoms with Gasteiger partial charge in [0.05, 0.1) is 17.5 Å². The number of rotatable bonds is 8. The Morgan fingerprint density at radius 1 is 1.28 bits per heavy atom. The van der Waals surface area contributed by atoms with Crippen LogP contribution in [0.4, 0.5) is 5.82 Å². The van der Waals surface area contributed by atoms with Crippen molar-refractivity contribution in [3.8, 4) is 17.0 Å². The van der Waals surface area contributed by atoms with E-state index in [1.807, 2.05) is 29.3 Å². The summed E-state index contributed by atoms with van der Waals surface area (Å²) in [6.07, 6.45) is 7.65. The molecule has 3 N–H and O–H groups in total. The maximum Gasteiger partial charge on any atom is 0.255 e. The number of phenols is 1. The summed E-state index contributed by atoms with van der Waals surface area (Å²) in [4.78, 5) is 34.8. The zero-order valence-corrected chi connectivity index (χ0v) is 18.3. The first kappa shape index (κ1) is 21.6. The molecular formula is C23H28N6O3. The van der Waals surface area contributed by atoms with Crippen LogP contribution >= 0.6 is 0 Å². The number of fused-ring (bicyclic) bond motifs is 1. The Hall–Kier alpha value is -3.62. The number of hydrogen-bond donors (Lipinski definition) is 3. The van der Waals surface area contributed by atoms with Crippen LogP contribution in [0.2, 0.25) is 0 Å². The first-order valence-corrected chi connectivity index (χ1v) is 10.9. The number of hydrogen-bond acceptors (Lipinski definition) is 6. The molecule has 1 saturated heterocycles. The molecule has 0 unspecified atom stereocenters. The number of nitrogens with zero attached hydrogens (tertiary/aromatic N) is 4. The number of benzene rings is 1. The normalized spacial score (nSPS) is 13.8. The number of likely N-dealkylation sites (tertiary alicyclic amines) is 1. The van der Waals surface area contributed by atoms with Crippen LogP contribution in [0.25, 0.3) is 16.9 Å². The van der Waals surface area contributed by atoms with Gasteiger partial charge in [0.1, 0.15) is 5.75 Å². The number of aromatic hydroxyl groups is 1. The van der Waals surface area contributed by atoms with Gasteiger partial charge in [-0.3, -0.25) is 14.0 Å². The molecule has 4 rings (SSSR count). The maximum atomic E-state index is 12.2. The second-order valence-electron chi connectivity index (χ2n) is 8.24. The Balaban J connectivity index is 1.48. The number of carbonyl (C=O) groups excluding carboxylic acids is 2. The van der Waals surface area contributed by atoms with Crippen molar-refractivity contribution in [3.05, 3.63) is 42.4 Å². The lowest BCUT2D eigenvalue weighted by Crippen LogP contribution is -2.30. The molecule has 1 aliphatic rings. The third-order valence-electron chi connectivity index (χ3n) is 5.45. The number of carbonyl (C=O) groups is 2. The van der Waals surface area contributed by atoms with Crippen molar-refractivity contribution in [2.24, 2.45) is 0 Å². The number of aromatic nitrogens is 3. The van der Waals surface area contributed by atoms with Gasteiger partial charge in [0.2, 0.25) is 5.91 Å². The van der Waals surface area contributed by atoms with Crippen LogP contribution in [0, 0.1) is 0 Å². The molecule has 2 amide bonds. The second kappa shape index (κ2) is 9.25. The fourth-order valence-corrected chi connectivity index (χ4v) is 3.90. The van der Waals surface area contributed by atoms with Crippen LogP contribution < -0.4 is 10.6 Å². The molecule has 0 aliphatic carbocycles. The van der Waals surface area contributed by atoms with Gasteiger partial charge < -0.3 is 20.6 Å². The average Bonchev–Trinajstić information content (AvgIpc) is 3.37. The van der Waals surface area contributed by atoms with E-state index < -0.39 is 0 Å². The lowest BCUT2D eigenvalue weighted by atomic mass is 10.1. The van der Waals surface area contributed by atoms with Gasteiger partial charge >= 0.3 is 0 Å². The van der Waals surface area contributed by atoms with Crippen molar-refractivity contribution in [1.29, 1.82) is 0 Å². The van der Waals surface area contributed by atoms with Gasteiger partial charge in [0.25, 0.3) is 5.91 Å². The predicted octanol–water partition coefficient (Wildman–Crippen LogP) is 2.66. The fraction of sp³-hybridized carbons (Fsp3) is 0.391. The lowest BCUT2D eigenvalue weighted by molar-refractivity contribution is -0.127. The Kier molecular flexibility index (Phi) is 6.25. The van der Waals surface area contributed by atoms with Crippen molar-refractivity contribution < 1.29 is 14.7 Å². The summed E-state index contributed by atoms with van der Waals surface area (Å²) >= 11 is 0. The molecule has 1 aromatic carbocycles. The summed E-state index contributed by atoms with van der Waals surface area (Å²) < 4.78 is 1.89. The highest BCUT2D eigenvalue weighted by Gasteiger charge is 2.19. The third-order valence-corrected chi connectivity index (χ3v) is 5.45. The topological polar surface area (TPSA) is 112 Å². The molecule has 0 radical (unpaired) electrons. The molecular weight excluding hydrogens is 408 g/mol. The Bertz CT molecular complexity index is 1140. The van der Waals surface area contributed by atoms with E-state index in [1.54, 1.807) is 30.6 Å². The number of anilines is 1. The van der Waals surface area contributed by atoms with Crippen LogP contribution in [0.5, 0.6) is 5.75 Å². The zero-order valence-electron chi connectivity index (χ0n) is 18.3. The van der Waals surface area contributed by atoms with E-state index in [4.69, 9.17) is 0 Å². The highest BCUT2D eigenvalue weighted by Crippen LogP contribution is 2.28. The molecule has 168 valence electrons. The van der Waals surface area contributed by atoms with Gasteiger partial charge in [-0.1, -0.05) is 6.07 Å². The quantitative estimate of drug-likeness (QED) is 0.468. The van der Waals surface area contributed by atoms with Gasteiger partial charge in [0.15, 0.2) is 11.5 Å². The standard InChI is InChI=1S/C23H28N6O3/c1-15(2)27-23(32)17-7-6-16(13-19(17)30)18-14-26-22-21(25-9-12-29(18)22)24-8-4-11-28-10-3-5-20(28)31/h6-7,9,12-15,30H,3-5,8,10-11H2,1-2H3,(H,24,25)(H,27,32). The van der Waals surface area contributed by atoms with Crippen LogP contribution in [0.15, 0.2) is 36.8 Å². The Labute approximate surface area is 186 Å². The molecule has 2 aromatic heterocycles. The van der Waals surface area contributed by atoms with Gasteiger partial charge in [-0.2, -0.15) is 0 Å². The van der Waals surface area contributed by atoms with Crippen LogP contribution in [0.1, 0.15) is 43.5 Å². The van der Waals surface area contributed by atoms with E-state index in [-0.39, 0.29) is 29.2 Å².